The Balaban J connectivity index is 1.68. The van der Waals surface area contributed by atoms with Crippen LogP contribution in [0.3, 0.4) is 0 Å². The lowest BCUT2D eigenvalue weighted by atomic mass is 10.1. The van der Waals surface area contributed by atoms with Crippen LogP contribution in [0.5, 0.6) is 5.75 Å². The zero-order chi connectivity index (χ0) is 19.6. The highest BCUT2D eigenvalue weighted by molar-refractivity contribution is 5.89. The van der Waals surface area contributed by atoms with E-state index in [0.29, 0.717) is 5.56 Å². The SMILES string of the molecule is COC(=O)c1ccc(CNC(=O)COC(=O)COc2cccc(F)c2)cc1. The number of carbonyl (C=O) groups excluding carboxylic acids is 3. The van der Waals surface area contributed by atoms with Crippen molar-refractivity contribution in [3.8, 4) is 5.75 Å². The summed E-state index contributed by atoms with van der Waals surface area (Å²) in [5, 5.41) is 2.58. The highest BCUT2D eigenvalue weighted by atomic mass is 19.1. The molecule has 7 nitrogen and oxygen atoms in total. The molecule has 0 fully saturated rings. The van der Waals surface area contributed by atoms with Crippen LogP contribution in [0.25, 0.3) is 0 Å². The van der Waals surface area contributed by atoms with Crippen LogP contribution in [0.1, 0.15) is 15.9 Å². The van der Waals surface area contributed by atoms with Gasteiger partial charge in [0.25, 0.3) is 5.91 Å². The fourth-order valence-corrected chi connectivity index (χ4v) is 2.01. The Morgan fingerprint density at radius 3 is 2.44 bits per heavy atom. The lowest BCUT2D eigenvalue weighted by Crippen LogP contribution is -2.29. The first kappa shape index (κ1) is 19.9. The van der Waals surface area contributed by atoms with Gasteiger partial charge in [-0.2, -0.15) is 0 Å². The van der Waals surface area contributed by atoms with Crippen LogP contribution in [0.2, 0.25) is 0 Å². The Morgan fingerprint density at radius 1 is 1.04 bits per heavy atom. The Labute approximate surface area is 155 Å². The third-order valence-corrected chi connectivity index (χ3v) is 3.38. The summed E-state index contributed by atoms with van der Waals surface area (Å²) in [5.41, 5.74) is 1.16. The molecule has 0 heterocycles. The van der Waals surface area contributed by atoms with Crippen LogP contribution >= 0.6 is 0 Å². The van der Waals surface area contributed by atoms with Crippen molar-refractivity contribution in [3.63, 3.8) is 0 Å². The molecule has 27 heavy (non-hydrogen) atoms. The number of ether oxygens (including phenoxy) is 3. The molecule has 2 rings (SSSR count). The molecule has 0 saturated heterocycles. The number of methoxy groups -OCH3 is 1. The maximum atomic E-state index is 13.0. The van der Waals surface area contributed by atoms with Crippen molar-refractivity contribution in [1.82, 2.24) is 5.32 Å². The van der Waals surface area contributed by atoms with Crippen molar-refractivity contribution in [2.75, 3.05) is 20.3 Å². The zero-order valence-electron chi connectivity index (χ0n) is 14.6. The first-order chi connectivity index (χ1) is 13.0. The molecule has 1 N–H and O–H groups in total. The van der Waals surface area contributed by atoms with Gasteiger partial charge in [-0.1, -0.05) is 18.2 Å². The Kier molecular flexibility index (Phi) is 7.30. The lowest BCUT2D eigenvalue weighted by Gasteiger charge is -2.08. The molecule has 142 valence electrons. The van der Waals surface area contributed by atoms with Gasteiger partial charge in [-0.25, -0.2) is 14.0 Å². The van der Waals surface area contributed by atoms with Crippen LogP contribution in [0, 0.1) is 5.82 Å². The van der Waals surface area contributed by atoms with Crippen LogP contribution in [-0.2, 0) is 25.6 Å². The fraction of sp³-hybridized carbons (Fsp3) is 0.211. The van der Waals surface area contributed by atoms with Gasteiger partial charge >= 0.3 is 11.9 Å². The highest BCUT2D eigenvalue weighted by Crippen LogP contribution is 2.11. The number of amides is 1. The van der Waals surface area contributed by atoms with E-state index >= 15 is 0 Å². The van der Waals surface area contributed by atoms with Crippen molar-refractivity contribution in [1.29, 1.82) is 0 Å². The summed E-state index contributed by atoms with van der Waals surface area (Å²) in [4.78, 5) is 34.6. The van der Waals surface area contributed by atoms with E-state index in [1.807, 2.05) is 0 Å². The van der Waals surface area contributed by atoms with Crippen molar-refractivity contribution in [2.45, 2.75) is 6.54 Å². The minimum atomic E-state index is -0.753. The van der Waals surface area contributed by atoms with E-state index in [4.69, 9.17) is 9.47 Å². The molecule has 2 aromatic rings. The molecule has 0 unspecified atom stereocenters. The average molecular weight is 375 g/mol. The van der Waals surface area contributed by atoms with Gasteiger partial charge < -0.3 is 19.5 Å². The van der Waals surface area contributed by atoms with E-state index in [0.717, 1.165) is 11.6 Å². The van der Waals surface area contributed by atoms with Gasteiger partial charge in [0.2, 0.25) is 0 Å². The number of esters is 2. The normalized spacial score (nSPS) is 10.0. The van der Waals surface area contributed by atoms with Gasteiger partial charge in [0.1, 0.15) is 11.6 Å². The molecule has 0 atom stereocenters. The van der Waals surface area contributed by atoms with Gasteiger partial charge in [-0.3, -0.25) is 4.79 Å². The number of hydrogen-bond acceptors (Lipinski definition) is 6. The topological polar surface area (TPSA) is 90.9 Å². The van der Waals surface area contributed by atoms with Crippen molar-refractivity contribution in [2.24, 2.45) is 0 Å². The predicted octanol–water partition coefficient (Wildman–Crippen LogP) is 1.85. The summed E-state index contributed by atoms with van der Waals surface area (Å²) in [7, 11) is 1.29. The van der Waals surface area contributed by atoms with Crippen LogP contribution in [0.15, 0.2) is 48.5 Å². The smallest absolute Gasteiger partial charge is 0.344 e. The number of rotatable bonds is 8. The standard InChI is InChI=1S/C19H18FNO6/c1-25-19(24)14-7-5-13(6-8-14)10-21-17(22)11-27-18(23)12-26-16-4-2-3-15(20)9-16/h2-9H,10-12H2,1H3,(H,21,22). The van der Waals surface area contributed by atoms with Gasteiger partial charge in [0.15, 0.2) is 13.2 Å². The summed E-state index contributed by atoms with van der Waals surface area (Å²) in [6.07, 6.45) is 0. The monoisotopic (exact) mass is 375 g/mol. The molecule has 1 amide bonds. The summed E-state index contributed by atoms with van der Waals surface area (Å²) in [6.45, 7) is -0.699. The number of nitrogens with one attached hydrogen (secondary N) is 1. The molecule has 0 aliphatic heterocycles. The van der Waals surface area contributed by atoms with Crippen molar-refractivity contribution < 1.29 is 33.0 Å². The second-order valence-electron chi connectivity index (χ2n) is 5.37. The zero-order valence-corrected chi connectivity index (χ0v) is 14.6. The Bertz CT molecular complexity index is 806. The maximum absolute atomic E-state index is 13.0. The van der Waals surface area contributed by atoms with Crippen LogP contribution in [0.4, 0.5) is 4.39 Å². The van der Waals surface area contributed by atoms with E-state index in [9.17, 15) is 18.8 Å². The molecule has 8 heteroatoms. The molecule has 0 saturated carbocycles. The molecular formula is C19H18FNO6. The molecule has 2 aromatic carbocycles. The highest BCUT2D eigenvalue weighted by Gasteiger charge is 2.09. The molecule has 0 radical (unpaired) electrons. The van der Waals surface area contributed by atoms with E-state index in [1.165, 1.54) is 25.3 Å². The summed E-state index contributed by atoms with van der Waals surface area (Å²) in [6, 6.07) is 11.8. The molecular weight excluding hydrogens is 357 g/mol. The molecule has 0 bridgehead atoms. The minimum absolute atomic E-state index is 0.187. The van der Waals surface area contributed by atoms with Gasteiger partial charge in [-0.15, -0.1) is 0 Å². The summed E-state index contributed by atoms with van der Waals surface area (Å²) < 4.78 is 27.4. The number of halogens is 1. The molecule has 0 spiro atoms. The maximum Gasteiger partial charge on any atom is 0.344 e. The average Bonchev–Trinajstić information content (AvgIpc) is 2.69. The largest absolute Gasteiger partial charge is 0.482 e. The van der Waals surface area contributed by atoms with Crippen molar-refractivity contribution >= 4 is 17.8 Å². The Morgan fingerprint density at radius 2 is 1.78 bits per heavy atom. The second kappa shape index (κ2) is 9.91. The van der Waals surface area contributed by atoms with Crippen LogP contribution in [-0.4, -0.2) is 38.2 Å². The summed E-state index contributed by atoms with van der Waals surface area (Å²) >= 11 is 0. The third kappa shape index (κ3) is 6.77. The lowest BCUT2D eigenvalue weighted by molar-refractivity contribution is -0.150. The third-order valence-electron chi connectivity index (χ3n) is 3.38. The minimum Gasteiger partial charge on any atom is -0.482 e. The Hall–Kier alpha value is -3.42. The fourth-order valence-electron chi connectivity index (χ4n) is 2.01. The van der Waals surface area contributed by atoms with Gasteiger partial charge in [-0.05, 0) is 29.8 Å². The first-order valence-corrected chi connectivity index (χ1v) is 7.96. The van der Waals surface area contributed by atoms with Gasteiger partial charge in [0, 0.05) is 12.6 Å². The van der Waals surface area contributed by atoms with Crippen LogP contribution < -0.4 is 10.1 Å². The molecule has 0 aliphatic rings. The van der Waals surface area contributed by atoms with Crippen molar-refractivity contribution in [3.05, 3.63) is 65.5 Å². The first-order valence-electron chi connectivity index (χ1n) is 7.96. The number of benzene rings is 2. The number of carbonyl (C=O) groups is 3. The van der Waals surface area contributed by atoms with Gasteiger partial charge in [0.05, 0.1) is 12.7 Å². The van der Waals surface area contributed by atoms with E-state index < -0.39 is 36.9 Å². The molecule has 0 aliphatic carbocycles. The number of hydrogen-bond donors (Lipinski definition) is 1. The van der Waals surface area contributed by atoms with E-state index in [1.54, 1.807) is 24.3 Å². The predicted molar refractivity (Wildman–Crippen MR) is 92.5 cm³/mol. The van der Waals surface area contributed by atoms with E-state index in [-0.39, 0.29) is 12.3 Å². The summed E-state index contributed by atoms with van der Waals surface area (Å²) in [5.74, 6) is -1.99. The molecule has 0 aromatic heterocycles. The second-order valence-corrected chi connectivity index (χ2v) is 5.37. The quantitative estimate of drug-likeness (QED) is 0.708. The van der Waals surface area contributed by atoms with E-state index in [2.05, 4.69) is 10.1 Å².